The van der Waals surface area contributed by atoms with E-state index in [1.807, 2.05) is 0 Å². The Hall–Kier alpha value is -3.96. The molecule has 3 aromatic carbocycles. The van der Waals surface area contributed by atoms with Crippen LogP contribution in [0.25, 0.3) is 11.1 Å². The van der Waals surface area contributed by atoms with Gasteiger partial charge in [-0.2, -0.15) is 18.2 Å². The van der Waals surface area contributed by atoms with Crippen molar-refractivity contribution in [2.75, 3.05) is 26.1 Å². The molecule has 11 heteroatoms. The smallest absolute Gasteiger partial charge is 0.336 e. The maximum atomic E-state index is 15.0. The highest BCUT2D eigenvalue weighted by molar-refractivity contribution is 7.98. The number of carbonyl (C=O) groups excluding carboxylic acids is 1. The molecule has 6 nitrogen and oxygen atoms in total. The summed E-state index contributed by atoms with van der Waals surface area (Å²) in [6.07, 6.45) is -11.9. The van der Waals surface area contributed by atoms with Gasteiger partial charge in [-0.25, -0.2) is 4.39 Å². The fourth-order valence-electron chi connectivity index (χ4n) is 4.35. The quantitative estimate of drug-likeness (QED) is 0.0824. The first-order chi connectivity index (χ1) is 30.3. The standard InChI is InChI=1S/C37H40F4N4O2S/c1-4-43(5-2)18-19-44(22-26-6-10-28(11-7-26)29-12-14-30(15-13-29)37(39,40)41)34(46)23-45-33-21-25(3)20-32(33)35(47)42-36(45)48-24-27-8-16-31(38)17-9-27/h6-17,25H,4-5,18-24H2,1-3H3/i4D2,5D2,6D,7D,10D,11D,12D,13D,14D,15D,20D2,21D2,23D2,25D. The van der Waals surface area contributed by atoms with Crippen LogP contribution >= 0.6 is 11.8 Å². The molecule has 254 valence electrons. The van der Waals surface area contributed by atoms with E-state index in [1.54, 1.807) is 0 Å². The zero-order chi connectivity index (χ0) is 51.3. The van der Waals surface area contributed by atoms with Gasteiger partial charge in [0.05, 0.1) is 19.3 Å². The lowest BCUT2D eigenvalue weighted by atomic mass is 10.0. The van der Waals surface area contributed by atoms with Gasteiger partial charge in [-0.05, 0) is 78.1 Å². The van der Waals surface area contributed by atoms with Crippen LogP contribution in [0.2, 0.25) is 0 Å². The van der Waals surface area contributed by atoms with Crippen molar-refractivity contribution in [1.82, 2.24) is 19.4 Å². The number of carbonyl (C=O) groups is 1. The van der Waals surface area contributed by atoms with Gasteiger partial charge < -0.3 is 14.4 Å². The minimum atomic E-state index is -5.38. The molecule has 48 heavy (non-hydrogen) atoms. The highest BCUT2D eigenvalue weighted by atomic mass is 32.2. The lowest BCUT2D eigenvalue weighted by Crippen LogP contribution is -2.40. The number of fused-ring (bicyclic) bond motifs is 1. The van der Waals surface area contributed by atoms with E-state index in [0.29, 0.717) is 27.1 Å². The van der Waals surface area contributed by atoms with Gasteiger partial charge in [0.25, 0.3) is 5.56 Å². The number of rotatable bonds is 13. The number of benzene rings is 3. The second kappa shape index (κ2) is 15.5. The molecule has 4 aromatic rings. The monoisotopic (exact) mass is 699 g/mol. The first kappa shape index (κ1) is 18.2. The van der Waals surface area contributed by atoms with Gasteiger partial charge in [0, 0.05) is 49.0 Å². The Balaban J connectivity index is 1.78. The molecule has 0 spiro atoms. The second-order valence-electron chi connectivity index (χ2n) is 10.1. The molecule has 0 radical (unpaired) electrons. The fraction of sp³-hybridized carbons (Fsp3) is 0.378. The highest BCUT2D eigenvalue weighted by Crippen LogP contribution is 2.32. The van der Waals surface area contributed by atoms with Crippen molar-refractivity contribution >= 4 is 17.7 Å². The lowest BCUT2D eigenvalue weighted by molar-refractivity contribution is -0.137. The van der Waals surface area contributed by atoms with Gasteiger partial charge in [0.1, 0.15) is 12.3 Å². The van der Waals surface area contributed by atoms with Gasteiger partial charge in [-0.15, -0.1) is 0 Å². The first-order valence-electron chi connectivity index (χ1n) is 23.7. The van der Waals surface area contributed by atoms with Crippen LogP contribution < -0.4 is 5.56 Å². The molecule has 0 saturated heterocycles. The first-order valence-corrected chi connectivity index (χ1v) is 15.2. The highest BCUT2D eigenvalue weighted by Gasteiger charge is 2.30. The molecule has 0 bridgehead atoms. The molecular formula is C37H40F4N4O2S. The third kappa shape index (κ3) is 8.73. The number of alkyl halides is 3. The van der Waals surface area contributed by atoms with Gasteiger partial charge in [-0.1, -0.05) is 80.9 Å². The van der Waals surface area contributed by atoms with E-state index in [0.717, 1.165) is 32.9 Å². The number of nitrogens with zero attached hydrogens (tertiary/aromatic N) is 4. The van der Waals surface area contributed by atoms with Crippen LogP contribution in [0, 0.1) is 11.7 Å². The summed E-state index contributed by atoms with van der Waals surface area (Å²) in [7, 11) is 0. The molecule has 1 aliphatic carbocycles. The summed E-state index contributed by atoms with van der Waals surface area (Å²) < 4.78 is 219. The number of thioether (sulfide) groups is 1. The van der Waals surface area contributed by atoms with Gasteiger partial charge in [-0.3, -0.25) is 9.59 Å². The Morgan fingerprint density at radius 1 is 1.02 bits per heavy atom. The summed E-state index contributed by atoms with van der Waals surface area (Å²) in [5, 5.41) is -0.759. The molecule has 1 atom stereocenters. The molecule has 1 aromatic heterocycles. The molecule has 0 fully saturated rings. The zero-order valence-electron chi connectivity index (χ0n) is 44.7. The molecule has 0 aliphatic heterocycles. The van der Waals surface area contributed by atoms with Gasteiger partial charge in [0.15, 0.2) is 5.16 Å². The Morgan fingerprint density at radius 2 is 1.65 bits per heavy atom. The normalized spacial score (nSPS) is 24.6. The molecular weight excluding hydrogens is 640 g/mol. The Morgan fingerprint density at radius 3 is 2.25 bits per heavy atom. The number of amides is 1. The van der Waals surface area contributed by atoms with E-state index in [9.17, 15) is 25.1 Å². The van der Waals surface area contributed by atoms with Crippen LogP contribution in [0.15, 0.2) is 82.6 Å². The summed E-state index contributed by atoms with van der Waals surface area (Å²) in [4.78, 5) is 33.5. The maximum Gasteiger partial charge on any atom is 0.416 e. The molecule has 0 N–H and O–H groups in total. The fourth-order valence-corrected chi connectivity index (χ4v) is 5.25. The van der Waals surface area contributed by atoms with Crippen LogP contribution in [0.4, 0.5) is 17.6 Å². The van der Waals surface area contributed by atoms with E-state index in [-0.39, 0.29) is 10.3 Å². The summed E-state index contributed by atoms with van der Waals surface area (Å²) in [5.41, 5.74) is -8.14. The average molecular weight is 700 g/mol. The van der Waals surface area contributed by atoms with Crippen LogP contribution in [0.1, 0.15) is 74.8 Å². The minimum absolute atomic E-state index is 0.253. The lowest BCUT2D eigenvalue weighted by Gasteiger charge is -2.28. The molecule has 1 amide bonds. The van der Waals surface area contributed by atoms with Crippen molar-refractivity contribution in [2.45, 2.75) is 63.6 Å². The predicted molar refractivity (Wildman–Crippen MR) is 181 cm³/mol. The molecule has 0 saturated carbocycles. The van der Waals surface area contributed by atoms with E-state index in [2.05, 4.69) is 4.98 Å². The average Bonchev–Trinajstić information content (AvgIpc) is 3.29. The maximum absolute atomic E-state index is 15.0. The molecule has 1 aliphatic rings. The Kier molecular flexibility index (Phi) is 5.86. The third-order valence-electron chi connectivity index (χ3n) is 6.77. The second-order valence-corrected chi connectivity index (χ2v) is 11.0. The summed E-state index contributed by atoms with van der Waals surface area (Å²) in [6, 6.07) is -5.75. The number of hydrogen-bond donors (Lipinski definition) is 0. The van der Waals surface area contributed by atoms with Gasteiger partial charge in [0.2, 0.25) is 5.91 Å². The molecule has 5 rings (SSSR count). The van der Waals surface area contributed by atoms with Crippen molar-refractivity contribution < 1.29 is 48.4 Å². The van der Waals surface area contributed by atoms with Crippen molar-refractivity contribution in [3.05, 3.63) is 117 Å². The number of halogens is 4. The number of aromatic nitrogens is 2. The SMILES string of the molecule is [2H]c1c([2H])c(-c2c([2H])c([2H])c(C(F)(F)F)c([2H])c2[2H])c([2H])c([2H])c1CN(CCN(C([2H])([2H])C)C([2H])([2H])C)C(=O)C([2H])([2H])n1c(SCc2ccc(F)cc2)nc(=O)c2c1C([2H])([2H])C([2H])(C)C2([2H])[2H]. The van der Waals surface area contributed by atoms with Crippen molar-refractivity contribution in [2.24, 2.45) is 5.89 Å². The predicted octanol–water partition coefficient (Wildman–Crippen LogP) is 7.47. The number of hydrogen-bond acceptors (Lipinski definition) is 5. The zero-order valence-corrected chi connectivity index (χ0v) is 26.5. The Labute approximate surface area is 309 Å². The minimum Gasteiger partial charge on any atom is -0.336 e. The summed E-state index contributed by atoms with van der Waals surface area (Å²) >= 11 is 0.518. The molecule has 1 unspecified atom stereocenters. The van der Waals surface area contributed by atoms with Gasteiger partial charge >= 0.3 is 6.18 Å². The number of likely N-dealkylation sites (N-methyl/N-ethyl adjacent to an activating group) is 1. The third-order valence-corrected chi connectivity index (χ3v) is 7.78. The largest absolute Gasteiger partial charge is 0.416 e. The summed E-state index contributed by atoms with van der Waals surface area (Å²) in [6.45, 7) is -9.04. The van der Waals surface area contributed by atoms with E-state index in [1.165, 1.54) is 12.1 Å². The van der Waals surface area contributed by atoms with Crippen molar-refractivity contribution in [3.63, 3.8) is 0 Å². The van der Waals surface area contributed by atoms with Crippen molar-refractivity contribution in [3.8, 4) is 11.1 Å². The molecule has 1 heterocycles. The van der Waals surface area contributed by atoms with E-state index in [4.69, 9.17) is 23.3 Å². The van der Waals surface area contributed by atoms with E-state index >= 15 is 4.79 Å². The summed E-state index contributed by atoms with van der Waals surface area (Å²) in [5.74, 6) is -5.58. The van der Waals surface area contributed by atoms with Crippen LogP contribution in [0.5, 0.6) is 0 Å². The van der Waals surface area contributed by atoms with Crippen molar-refractivity contribution in [1.29, 1.82) is 0 Å². The van der Waals surface area contributed by atoms with Crippen LogP contribution in [-0.2, 0) is 42.5 Å². The van der Waals surface area contributed by atoms with Crippen LogP contribution in [-0.4, -0.2) is 51.3 Å². The topological polar surface area (TPSA) is 58.4 Å². The Bertz CT molecular complexity index is 2640. The van der Waals surface area contributed by atoms with Crippen LogP contribution in [0.3, 0.4) is 0 Å². The van der Waals surface area contributed by atoms with E-state index < -0.39 is 168 Å².